The molecule has 0 bridgehead atoms. The van der Waals surface area contributed by atoms with Crippen molar-refractivity contribution in [2.75, 3.05) is 11.9 Å². The van der Waals surface area contributed by atoms with Crippen LogP contribution in [0.3, 0.4) is 0 Å². The van der Waals surface area contributed by atoms with Gasteiger partial charge in [0.25, 0.3) is 11.8 Å². The molecule has 0 aromatic heterocycles. The van der Waals surface area contributed by atoms with Gasteiger partial charge in [-0.2, -0.15) is 0 Å². The van der Waals surface area contributed by atoms with Crippen LogP contribution >= 0.6 is 15.9 Å². The first-order chi connectivity index (χ1) is 15.5. The second-order valence-electron chi connectivity index (χ2n) is 7.58. The molecule has 0 aliphatic carbocycles. The quantitative estimate of drug-likeness (QED) is 0.388. The number of hydrogen-bond acceptors (Lipinski definition) is 3. The van der Waals surface area contributed by atoms with E-state index in [1.165, 1.54) is 5.56 Å². The third kappa shape index (κ3) is 6.69. The summed E-state index contributed by atoms with van der Waals surface area (Å²) in [4.78, 5) is 24.6. The summed E-state index contributed by atoms with van der Waals surface area (Å²) in [5.41, 5.74) is 3.39. The van der Waals surface area contributed by atoms with Gasteiger partial charge < -0.3 is 15.4 Å². The molecule has 0 saturated heterocycles. The van der Waals surface area contributed by atoms with Crippen LogP contribution in [0, 0.1) is 0 Å². The molecule has 0 fully saturated rings. The maximum Gasteiger partial charge on any atom is 0.262 e. The van der Waals surface area contributed by atoms with Crippen LogP contribution in [0.5, 0.6) is 5.75 Å². The lowest BCUT2D eigenvalue weighted by atomic mass is 9.99. The number of carbonyl (C=O) groups excluding carboxylic acids is 2. The van der Waals surface area contributed by atoms with Crippen LogP contribution in [0.4, 0.5) is 5.69 Å². The number of carbonyl (C=O) groups is 2. The zero-order valence-corrected chi connectivity index (χ0v) is 19.8. The molecular formula is C26H27BrN2O3. The van der Waals surface area contributed by atoms with E-state index in [4.69, 9.17) is 4.74 Å². The molecule has 5 nitrogen and oxygen atoms in total. The standard InChI is InChI=1S/C26H27BrN2O3/c1-3-18(2)21-11-14-24(23(27)15-21)32-17-25(30)29-22-12-9-20(10-13-22)26(31)28-16-19-7-5-4-6-8-19/h4-15,18H,3,16-17H2,1-2H3,(H,28,31)(H,29,30). The maximum absolute atomic E-state index is 12.3. The van der Waals surface area contributed by atoms with Gasteiger partial charge in [-0.15, -0.1) is 0 Å². The van der Waals surface area contributed by atoms with E-state index < -0.39 is 0 Å². The van der Waals surface area contributed by atoms with Crippen molar-refractivity contribution in [2.24, 2.45) is 0 Å². The predicted octanol–water partition coefficient (Wildman–Crippen LogP) is 5.91. The van der Waals surface area contributed by atoms with E-state index in [9.17, 15) is 9.59 Å². The Hall–Kier alpha value is -3.12. The first kappa shape index (κ1) is 23.5. The highest BCUT2D eigenvalue weighted by molar-refractivity contribution is 9.10. The molecule has 3 aromatic carbocycles. The first-order valence-electron chi connectivity index (χ1n) is 10.6. The van der Waals surface area contributed by atoms with Crippen LogP contribution in [-0.2, 0) is 11.3 Å². The normalized spacial score (nSPS) is 11.5. The molecule has 6 heteroatoms. The van der Waals surface area contributed by atoms with Crippen molar-refractivity contribution in [1.29, 1.82) is 0 Å². The highest BCUT2D eigenvalue weighted by atomic mass is 79.9. The largest absolute Gasteiger partial charge is 0.483 e. The molecule has 166 valence electrons. The average Bonchev–Trinajstić information content (AvgIpc) is 2.82. The van der Waals surface area contributed by atoms with Gasteiger partial charge in [0, 0.05) is 17.8 Å². The summed E-state index contributed by atoms with van der Waals surface area (Å²) in [7, 11) is 0. The zero-order valence-electron chi connectivity index (χ0n) is 18.2. The first-order valence-corrected chi connectivity index (χ1v) is 11.4. The van der Waals surface area contributed by atoms with Crippen LogP contribution < -0.4 is 15.4 Å². The molecular weight excluding hydrogens is 468 g/mol. The van der Waals surface area contributed by atoms with E-state index in [0.717, 1.165) is 16.5 Å². The van der Waals surface area contributed by atoms with Crippen molar-refractivity contribution < 1.29 is 14.3 Å². The summed E-state index contributed by atoms with van der Waals surface area (Å²) in [6.07, 6.45) is 1.06. The van der Waals surface area contributed by atoms with Gasteiger partial charge in [0.05, 0.1) is 4.47 Å². The van der Waals surface area contributed by atoms with Crippen LogP contribution in [0.1, 0.15) is 47.7 Å². The SMILES string of the molecule is CCC(C)c1ccc(OCC(=O)Nc2ccc(C(=O)NCc3ccccc3)cc2)c(Br)c1. The summed E-state index contributed by atoms with van der Waals surface area (Å²) in [6.45, 7) is 4.68. The van der Waals surface area contributed by atoms with Gasteiger partial charge in [-0.3, -0.25) is 9.59 Å². The molecule has 0 spiro atoms. The van der Waals surface area contributed by atoms with Crippen LogP contribution in [-0.4, -0.2) is 18.4 Å². The number of hydrogen-bond donors (Lipinski definition) is 2. The number of nitrogens with one attached hydrogen (secondary N) is 2. The van der Waals surface area contributed by atoms with Gasteiger partial charge in [0.15, 0.2) is 6.61 Å². The molecule has 0 radical (unpaired) electrons. The Bertz CT molecular complexity index is 1050. The van der Waals surface area contributed by atoms with Crippen molar-refractivity contribution in [2.45, 2.75) is 32.7 Å². The zero-order chi connectivity index (χ0) is 22.9. The van der Waals surface area contributed by atoms with E-state index in [2.05, 4.69) is 40.4 Å². The fraction of sp³-hybridized carbons (Fsp3) is 0.231. The Morgan fingerprint density at radius 2 is 1.72 bits per heavy atom. The Morgan fingerprint density at radius 1 is 1.00 bits per heavy atom. The summed E-state index contributed by atoms with van der Waals surface area (Å²) < 4.78 is 6.48. The van der Waals surface area contributed by atoms with Gasteiger partial charge in [0.2, 0.25) is 0 Å². The van der Waals surface area contributed by atoms with E-state index in [-0.39, 0.29) is 18.4 Å². The lowest BCUT2D eigenvalue weighted by Crippen LogP contribution is -2.23. The second kappa shape index (κ2) is 11.5. The third-order valence-corrected chi connectivity index (χ3v) is 5.84. The average molecular weight is 495 g/mol. The van der Waals surface area contributed by atoms with E-state index in [1.54, 1.807) is 24.3 Å². The molecule has 2 amide bonds. The maximum atomic E-state index is 12.3. The fourth-order valence-corrected chi connectivity index (χ4v) is 3.61. The Kier molecular flexibility index (Phi) is 8.45. The van der Waals surface area contributed by atoms with Gasteiger partial charge in [0.1, 0.15) is 5.75 Å². The van der Waals surface area contributed by atoms with Gasteiger partial charge in [-0.25, -0.2) is 0 Å². The summed E-state index contributed by atoms with van der Waals surface area (Å²) >= 11 is 3.52. The molecule has 1 atom stereocenters. The van der Waals surface area contributed by atoms with Gasteiger partial charge in [-0.1, -0.05) is 50.2 Å². The molecule has 2 N–H and O–H groups in total. The number of ether oxygens (including phenoxy) is 1. The minimum atomic E-state index is -0.274. The Balaban J connectivity index is 1.48. The van der Waals surface area contributed by atoms with E-state index >= 15 is 0 Å². The van der Waals surface area contributed by atoms with Gasteiger partial charge in [-0.05, 0) is 75.8 Å². The fourth-order valence-electron chi connectivity index (χ4n) is 3.10. The molecule has 3 aromatic rings. The molecule has 0 aliphatic heterocycles. The monoisotopic (exact) mass is 494 g/mol. The number of amides is 2. The topological polar surface area (TPSA) is 67.4 Å². The number of anilines is 1. The lowest BCUT2D eigenvalue weighted by molar-refractivity contribution is -0.118. The van der Waals surface area contributed by atoms with Gasteiger partial charge >= 0.3 is 0 Å². The van der Waals surface area contributed by atoms with E-state index in [1.807, 2.05) is 48.5 Å². The Morgan fingerprint density at radius 3 is 2.38 bits per heavy atom. The number of halogens is 1. The number of rotatable bonds is 9. The summed E-state index contributed by atoms with van der Waals surface area (Å²) in [6, 6.07) is 22.4. The molecule has 0 heterocycles. The molecule has 0 saturated carbocycles. The predicted molar refractivity (Wildman–Crippen MR) is 131 cm³/mol. The van der Waals surface area contributed by atoms with Crippen molar-refractivity contribution in [1.82, 2.24) is 5.32 Å². The van der Waals surface area contributed by atoms with Crippen molar-refractivity contribution in [3.63, 3.8) is 0 Å². The molecule has 3 rings (SSSR count). The van der Waals surface area contributed by atoms with Crippen LogP contribution in [0.2, 0.25) is 0 Å². The van der Waals surface area contributed by atoms with Crippen molar-refractivity contribution in [3.05, 3.63) is 94.0 Å². The number of benzene rings is 3. The lowest BCUT2D eigenvalue weighted by Gasteiger charge is -2.13. The highest BCUT2D eigenvalue weighted by Gasteiger charge is 2.10. The summed E-state index contributed by atoms with van der Waals surface area (Å²) in [5, 5.41) is 5.67. The summed E-state index contributed by atoms with van der Waals surface area (Å²) in [5.74, 6) is 0.648. The third-order valence-electron chi connectivity index (χ3n) is 5.22. The van der Waals surface area contributed by atoms with Crippen LogP contribution in [0.25, 0.3) is 0 Å². The molecule has 0 aliphatic rings. The minimum absolute atomic E-state index is 0.111. The second-order valence-corrected chi connectivity index (χ2v) is 8.44. The van der Waals surface area contributed by atoms with Crippen molar-refractivity contribution >= 4 is 33.4 Å². The molecule has 1 unspecified atom stereocenters. The highest BCUT2D eigenvalue weighted by Crippen LogP contribution is 2.30. The minimum Gasteiger partial charge on any atom is -0.483 e. The van der Waals surface area contributed by atoms with Crippen molar-refractivity contribution in [3.8, 4) is 5.75 Å². The smallest absolute Gasteiger partial charge is 0.262 e. The van der Waals surface area contributed by atoms with Crippen LogP contribution in [0.15, 0.2) is 77.3 Å². The Labute approximate surface area is 197 Å². The van der Waals surface area contributed by atoms with E-state index in [0.29, 0.717) is 29.5 Å². The molecule has 32 heavy (non-hydrogen) atoms.